The smallest absolute Gasteiger partial charge is 0.250 e. The standard InChI is InChI=1S/C11H16N4O2S/c1-2-3-14-9(16)6-18-10-4-7(11(13)17)8(12)5-15-10/h4-5H,2-3,6,12H2,1H3,(H2,13,17)(H,14,16). The van der Waals surface area contributed by atoms with E-state index in [1.165, 1.54) is 24.0 Å². The largest absolute Gasteiger partial charge is 0.397 e. The van der Waals surface area contributed by atoms with Gasteiger partial charge in [-0.1, -0.05) is 18.7 Å². The van der Waals surface area contributed by atoms with Gasteiger partial charge in [-0.05, 0) is 12.5 Å². The molecular formula is C11H16N4O2S. The van der Waals surface area contributed by atoms with E-state index >= 15 is 0 Å². The number of nitrogen functional groups attached to an aromatic ring is 1. The maximum Gasteiger partial charge on any atom is 0.250 e. The second-order valence-electron chi connectivity index (χ2n) is 3.61. The Morgan fingerprint density at radius 3 is 2.83 bits per heavy atom. The van der Waals surface area contributed by atoms with Crippen LogP contribution in [0.25, 0.3) is 0 Å². The fraction of sp³-hybridized carbons (Fsp3) is 0.364. The summed E-state index contributed by atoms with van der Waals surface area (Å²) in [6, 6.07) is 1.50. The van der Waals surface area contributed by atoms with Gasteiger partial charge in [-0.15, -0.1) is 0 Å². The van der Waals surface area contributed by atoms with Crippen molar-refractivity contribution in [2.45, 2.75) is 18.4 Å². The molecule has 18 heavy (non-hydrogen) atoms. The van der Waals surface area contributed by atoms with Crippen LogP contribution in [0.5, 0.6) is 0 Å². The molecule has 6 nitrogen and oxygen atoms in total. The van der Waals surface area contributed by atoms with Crippen molar-refractivity contribution in [1.29, 1.82) is 0 Å². The Morgan fingerprint density at radius 1 is 1.50 bits per heavy atom. The van der Waals surface area contributed by atoms with Gasteiger partial charge >= 0.3 is 0 Å². The lowest BCUT2D eigenvalue weighted by Crippen LogP contribution is -2.25. The molecule has 98 valence electrons. The van der Waals surface area contributed by atoms with Gasteiger partial charge in [0.1, 0.15) is 0 Å². The third-order valence-corrected chi connectivity index (χ3v) is 3.02. The van der Waals surface area contributed by atoms with Crippen LogP contribution >= 0.6 is 11.8 Å². The van der Waals surface area contributed by atoms with E-state index in [0.29, 0.717) is 11.6 Å². The Balaban J connectivity index is 2.60. The zero-order chi connectivity index (χ0) is 13.5. The van der Waals surface area contributed by atoms with E-state index in [-0.39, 0.29) is 22.9 Å². The molecule has 0 aromatic carbocycles. The summed E-state index contributed by atoms with van der Waals surface area (Å²) in [5, 5.41) is 3.29. The lowest BCUT2D eigenvalue weighted by atomic mass is 10.2. The van der Waals surface area contributed by atoms with E-state index in [1.54, 1.807) is 0 Å². The number of primary amides is 1. The molecule has 0 saturated heterocycles. The molecule has 1 aromatic rings. The summed E-state index contributed by atoms with van der Waals surface area (Å²) in [7, 11) is 0. The average Bonchev–Trinajstić information content (AvgIpc) is 2.35. The number of carbonyl (C=O) groups excluding carboxylic acids is 2. The topological polar surface area (TPSA) is 111 Å². The first-order valence-corrected chi connectivity index (χ1v) is 6.48. The minimum atomic E-state index is -0.604. The van der Waals surface area contributed by atoms with Crippen LogP contribution in [0.3, 0.4) is 0 Å². The Morgan fingerprint density at radius 2 is 2.22 bits per heavy atom. The molecule has 0 bridgehead atoms. The first kappa shape index (κ1) is 14.3. The zero-order valence-corrected chi connectivity index (χ0v) is 10.9. The number of carbonyl (C=O) groups is 2. The van der Waals surface area contributed by atoms with Gasteiger partial charge in [-0.3, -0.25) is 9.59 Å². The molecule has 2 amide bonds. The number of aromatic nitrogens is 1. The van der Waals surface area contributed by atoms with Crippen molar-refractivity contribution in [3.63, 3.8) is 0 Å². The number of rotatable bonds is 6. The fourth-order valence-corrected chi connectivity index (χ4v) is 1.90. The first-order valence-electron chi connectivity index (χ1n) is 5.49. The van der Waals surface area contributed by atoms with Gasteiger partial charge in [-0.2, -0.15) is 0 Å². The van der Waals surface area contributed by atoms with Crippen molar-refractivity contribution in [2.75, 3.05) is 18.0 Å². The molecule has 0 fully saturated rings. The molecule has 0 aliphatic rings. The molecule has 1 aromatic heterocycles. The van der Waals surface area contributed by atoms with Crippen LogP contribution in [0.4, 0.5) is 5.69 Å². The minimum Gasteiger partial charge on any atom is -0.397 e. The highest BCUT2D eigenvalue weighted by molar-refractivity contribution is 7.99. The molecule has 0 radical (unpaired) electrons. The maximum absolute atomic E-state index is 11.4. The van der Waals surface area contributed by atoms with Crippen molar-refractivity contribution < 1.29 is 9.59 Å². The number of amides is 2. The predicted molar refractivity (Wildman–Crippen MR) is 71.2 cm³/mol. The monoisotopic (exact) mass is 268 g/mol. The summed E-state index contributed by atoms with van der Waals surface area (Å²) < 4.78 is 0. The lowest BCUT2D eigenvalue weighted by molar-refractivity contribution is -0.118. The highest BCUT2D eigenvalue weighted by Crippen LogP contribution is 2.19. The van der Waals surface area contributed by atoms with E-state index in [9.17, 15) is 9.59 Å². The molecule has 0 atom stereocenters. The quantitative estimate of drug-likeness (QED) is 0.646. The van der Waals surface area contributed by atoms with E-state index in [1.807, 2.05) is 6.92 Å². The summed E-state index contributed by atoms with van der Waals surface area (Å²) in [6.07, 6.45) is 2.26. The number of nitrogens with zero attached hydrogens (tertiary/aromatic N) is 1. The molecule has 0 unspecified atom stereocenters. The van der Waals surface area contributed by atoms with Crippen molar-refractivity contribution in [2.24, 2.45) is 5.73 Å². The fourth-order valence-electron chi connectivity index (χ4n) is 1.19. The molecule has 7 heteroatoms. The zero-order valence-electron chi connectivity index (χ0n) is 10.1. The van der Waals surface area contributed by atoms with E-state index in [4.69, 9.17) is 11.5 Å². The van der Waals surface area contributed by atoms with Gasteiger partial charge in [0.05, 0.1) is 28.2 Å². The number of nitrogens with two attached hydrogens (primary N) is 2. The van der Waals surface area contributed by atoms with Crippen molar-refractivity contribution in [3.05, 3.63) is 17.8 Å². The molecule has 0 spiro atoms. The molecule has 1 rings (SSSR count). The summed E-state index contributed by atoms with van der Waals surface area (Å²) in [5.41, 5.74) is 11.2. The maximum atomic E-state index is 11.4. The SMILES string of the molecule is CCCNC(=O)CSc1cc(C(N)=O)c(N)cn1. The number of pyridine rings is 1. The summed E-state index contributed by atoms with van der Waals surface area (Å²) in [5.74, 6) is -0.428. The molecule has 0 saturated carbocycles. The number of hydrogen-bond donors (Lipinski definition) is 3. The van der Waals surface area contributed by atoms with Crippen LogP contribution in [0.2, 0.25) is 0 Å². The molecular weight excluding hydrogens is 252 g/mol. The van der Waals surface area contributed by atoms with Crippen molar-refractivity contribution in [3.8, 4) is 0 Å². The number of hydrogen-bond acceptors (Lipinski definition) is 5. The molecule has 1 heterocycles. The summed E-state index contributed by atoms with van der Waals surface area (Å²) >= 11 is 1.23. The first-order chi connectivity index (χ1) is 8.54. The molecule has 0 aliphatic heterocycles. The van der Waals surface area contributed by atoms with Crippen LogP contribution in [0.1, 0.15) is 23.7 Å². The van der Waals surface area contributed by atoms with Crippen molar-refractivity contribution >= 4 is 29.3 Å². The van der Waals surface area contributed by atoms with Crippen LogP contribution in [0.15, 0.2) is 17.3 Å². The third-order valence-electron chi connectivity index (χ3n) is 2.10. The Hall–Kier alpha value is -1.76. The third kappa shape index (κ3) is 4.25. The highest BCUT2D eigenvalue weighted by Gasteiger charge is 2.09. The van der Waals surface area contributed by atoms with E-state index in [0.717, 1.165) is 6.42 Å². The van der Waals surface area contributed by atoms with Gasteiger partial charge < -0.3 is 16.8 Å². The number of anilines is 1. The number of thioether (sulfide) groups is 1. The van der Waals surface area contributed by atoms with E-state index < -0.39 is 5.91 Å². The van der Waals surface area contributed by atoms with Gasteiger partial charge in [0.25, 0.3) is 5.91 Å². The van der Waals surface area contributed by atoms with Crippen LogP contribution in [-0.4, -0.2) is 29.1 Å². The molecule has 0 aliphatic carbocycles. The normalized spacial score (nSPS) is 10.1. The Labute approximate surface area is 110 Å². The summed E-state index contributed by atoms with van der Waals surface area (Å²) in [4.78, 5) is 26.5. The van der Waals surface area contributed by atoms with Gasteiger partial charge in [0, 0.05) is 6.54 Å². The lowest BCUT2D eigenvalue weighted by Gasteiger charge is -2.05. The second-order valence-corrected chi connectivity index (χ2v) is 4.61. The predicted octanol–water partition coefficient (Wildman–Crippen LogP) is 0.381. The summed E-state index contributed by atoms with van der Waals surface area (Å²) in [6.45, 7) is 2.63. The van der Waals surface area contributed by atoms with Crippen molar-refractivity contribution in [1.82, 2.24) is 10.3 Å². The van der Waals surface area contributed by atoms with E-state index in [2.05, 4.69) is 10.3 Å². The Kier molecular flexibility index (Phi) is 5.44. The van der Waals surface area contributed by atoms with Gasteiger partial charge in [0.2, 0.25) is 5.91 Å². The molecule has 5 N–H and O–H groups in total. The van der Waals surface area contributed by atoms with Crippen LogP contribution in [-0.2, 0) is 4.79 Å². The number of nitrogens with one attached hydrogen (secondary N) is 1. The van der Waals surface area contributed by atoms with Gasteiger partial charge in [0.15, 0.2) is 0 Å². The van der Waals surface area contributed by atoms with Crippen LogP contribution in [0, 0.1) is 0 Å². The van der Waals surface area contributed by atoms with Crippen LogP contribution < -0.4 is 16.8 Å². The highest BCUT2D eigenvalue weighted by atomic mass is 32.2. The Bertz CT molecular complexity index is 451. The second kappa shape index (κ2) is 6.85. The minimum absolute atomic E-state index is 0.0684. The average molecular weight is 268 g/mol. The van der Waals surface area contributed by atoms with Gasteiger partial charge in [-0.25, -0.2) is 4.98 Å².